The first kappa shape index (κ1) is 18.0. The van der Waals surface area contributed by atoms with Crippen molar-refractivity contribution < 1.29 is 9.18 Å². The zero-order chi connectivity index (χ0) is 18.5. The number of halogens is 1. The number of aryl methyl sites for hydroxylation is 1. The van der Waals surface area contributed by atoms with Crippen molar-refractivity contribution in [1.29, 1.82) is 0 Å². The third kappa shape index (κ3) is 4.43. The summed E-state index contributed by atoms with van der Waals surface area (Å²) >= 11 is 1.58. The van der Waals surface area contributed by atoms with Crippen LogP contribution < -0.4 is 5.32 Å². The smallest absolute Gasteiger partial charge is 0.244 e. The number of hydrogen-bond donors (Lipinski definition) is 1. The Morgan fingerprint density at radius 1 is 1.19 bits per heavy atom. The van der Waals surface area contributed by atoms with Crippen LogP contribution in [0.15, 0.2) is 60.7 Å². The van der Waals surface area contributed by atoms with Gasteiger partial charge in [0.1, 0.15) is 10.8 Å². The van der Waals surface area contributed by atoms with Crippen LogP contribution in [0.1, 0.15) is 29.1 Å². The fourth-order valence-electron chi connectivity index (χ4n) is 2.62. The molecule has 0 saturated heterocycles. The average Bonchev–Trinajstić information content (AvgIpc) is 3.03. The van der Waals surface area contributed by atoms with Gasteiger partial charge in [-0.1, -0.05) is 42.5 Å². The molecule has 1 N–H and O–H groups in total. The van der Waals surface area contributed by atoms with Crippen molar-refractivity contribution in [3.8, 4) is 10.6 Å². The van der Waals surface area contributed by atoms with E-state index in [9.17, 15) is 9.18 Å². The highest BCUT2D eigenvalue weighted by atomic mass is 32.1. The molecule has 0 bridgehead atoms. The van der Waals surface area contributed by atoms with Crippen LogP contribution in [0.3, 0.4) is 0 Å². The Hall–Kier alpha value is -2.79. The van der Waals surface area contributed by atoms with Crippen LogP contribution in [0.25, 0.3) is 16.6 Å². The summed E-state index contributed by atoms with van der Waals surface area (Å²) in [5, 5.41) is 3.88. The minimum atomic E-state index is -0.324. The molecule has 0 radical (unpaired) electrons. The molecule has 0 aliphatic heterocycles. The Morgan fingerprint density at radius 2 is 1.96 bits per heavy atom. The molecule has 3 nitrogen and oxygen atoms in total. The number of aromatic nitrogens is 1. The van der Waals surface area contributed by atoms with E-state index in [0.29, 0.717) is 5.56 Å². The van der Waals surface area contributed by atoms with Crippen LogP contribution in [-0.4, -0.2) is 10.9 Å². The molecule has 0 saturated carbocycles. The number of hydrogen-bond acceptors (Lipinski definition) is 3. The van der Waals surface area contributed by atoms with Gasteiger partial charge >= 0.3 is 0 Å². The third-order valence-electron chi connectivity index (χ3n) is 3.88. The number of carbonyl (C=O) groups excluding carboxylic acids is 1. The molecule has 3 aromatic rings. The van der Waals surface area contributed by atoms with E-state index in [2.05, 4.69) is 10.3 Å². The van der Waals surface area contributed by atoms with Gasteiger partial charge in [0, 0.05) is 11.6 Å². The fourth-order valence-corrected chi connectivity index (χ4v) is 3.70. The highest BCUT2D eigenvalue weighted by Gasteiger charge is 2.16. The largest absolute Gasteiger partial charge is 0.345 e. The van der Waals surface area contributed by atoms with Gasteiger partial charge in [0.15, 0.2) is 0 Å². The summed E-state index contributed by atoms with van der Waals surface area (Å²) in [6.07, 6.45) is 3.01. The lowest BCUT2D eigenvalue weighted by Crippen LogP contribution is -2.24. The number of nitrogens with zero attached hydrogens (tertiary/aromatic N) is 1. The molecule has 0 fully saturated rings. The first-order valence-electron chi connectivity index (χ1n) is 8.30. The van der Waals surface area contributed by atoms with Gasteiger partial charge in [-0.3, -0.25) is 4.79 Å². The zero-order valence-electron chi connectivity index (χ0n) is 14.6. The van der Waals surface area contributed by atoms with Crippen molar-refractivity contribution in [3.05, 3.63) is 82.6 Å². The fraction of sp³-hybridized carbons (Fsp3) is 0.143. The first-order valence-corrected chi connectivity index (χ1v) is 9.11. The Kier molecular flexibility index (Phi) is 5.58. The molecule has 1 heterocycles. The SMILES string of the molecule is Cc1nc(-c2ccccc2)sc1C(C)NC(=O)/C=C/c1cccc(F)c1. The van der Waals surface area contributed by atoms with Crippen LogP contribution >= 0.6 is 11.3 Å². The second-order valence-corrected chi connectivity index (χ2v) is 6.98. The van der Waals surface area contributed by atoms with E-state index in [1.54, 1.807) is 29.5 Å². The number of benzene rings is 2. The van der Waals surface area contributed by atoms with E-state index in [4.69, 9.17) is 0 Å². The minimum absolute atomic E-state index is 0.158. The molecule has 1 aromatic heterocycles. The van der Waals surface area contributed by atoms with Gasteiger partial charge in [-0.05, 0) is 37.6 Å². The van der Waals surface area contributed by atoms with E-state index in [-0.39, 0.29) is 17.8 Å². The van der Waals surface area contributed by atoms with Gasteiger partial charge in [0.2, 0.25) is 5.91 Å². The summed E-state index contributed by atoms with van der Waals surface area (Å²) in [4.78, 5) is 17.8. The molecule has 5 heteroatoms. The highest BCUT2D eigenvalue weighted by Crippen LogP contribution is 2.31. The molecule has 0 spiro atoms. The standard InChI is InChI=1S/C21H19FN2OS/c1-14(23-19(25)12-11-16-7-6-10-18(22)13-16)20-15(2)24-21(26-20)17-8-4-3-5-9-17/h3-14H,1-2H3,(H,23,25)/b12-11+. The maximum absolute atomic E-state index is 13.2. The number of thiazole rings is 1. The second-order valence-electron chi connectivity index (χ2n) is 5.95. The molecule has 1 atom stereocenters. The summed E-state index contributed by atoms with van der Waals surface area (Å²) in [7, 11) is 0. The summed E-state index contributed by atoms with van der Waals surface area (Å²) < 4.78 is 13.2. The van der Waals surface area contributed by atoms with Gasteiger partial charge < -0.3 is 5.32 Å². The van der Waals surface area contributed by atoms with Gasteiger partial charge in [0.05, 0.1) is 16.6 Å². The normalized spacial score (nSPS) is 12.3. The van der Waals surface area contributed by atoms with Crippen molar-refractivity contribution in [3.63, 3.8) is 0 Å². The predicted molar refractivity (Wildman–Crippen MR) is 104 cm³/mol. The number of nitrogens with one attached hydrogen (secondary N) is 1. The van der Waals surface area contributed by atoms with Crippen molar-refractivity contribution in [2.45, 2.75) is 19.9 Å². The van der Waals surface area contributed by atoms with Gasteiger partial charge in [-0.15, -0.1) is 11.3 Å². The highest BCUT2D eigenvalue weighted by molar-refractivity contribution is 7.15. The Balaban J connectivity index is 1.69. The summed E-state index contributed by atoms with van der Waals surface area (Å²) in [5.41, 5.74) is 2.63. The maximum atomic E-state index is 13.2. The molecular weight excluding hydrogens is 347 g/mol. The predicted octanol–water partition coefficient (Wildman–Crippen LogP) is 5.15. The Bertz CT molecular complexity index is 934. The summed E-state index contributed by atoms with van der Waals surface area (Å²) in [6.45, 7) is 3.88. The van der Waals surface area contributed by atoms with Crippen LogP contribution in [-0.2, 0) is 4.79 Å². The van der Waals surface area contributed by atoms with E-state index in [1.807, 2.05) is 44.2 Å². The van der Waals surface area contributed by atoms with Crippen molar-refractivity contribution in [1.82, 2.24) is 10.3 Å². The third-order valence-corrected chi connectivity index (χ3v) is 5.27. The molecule has 0 aliphatic rings. The van der Waals surface area contributed by atoms with Crippen LogP contribution in [0.2, 0.25) is 0 Å². The lowest BCUT2D eigenvalue weighted by atomic mass is 10.2. The second kappa shape index (κ2) is 8.06. The molecule has 2 aromatic carbocycles. The van der Waals surface area contributed by atoms with Gasteiger partial charge in [-0.2, -0.15) is 0 Å². The van der Waals surface area contributed by atoms with Crippen molar-refractivity contribution in [2.24, 2.45) is 0 Å². The summed E-state index contributed by atoms with van der Waals surface area (Å²) in [5.74, 6) is -0.550. The monoisotopic (exact) mass is 366 g/mol. The molecule has 3 rings (SSSR count). The maximum Gasteiger partial charge on any atom is 0.244 e. The lowest BCUT2D eigenvalue weighted by Gasteiger charge is -2.11. The van der Waals surface area contributed by atoms with Gasteiger partial charge in [-0.25, -0.2) is 9.37 Å². The van der Waals surface area contributed by atoms with E-state index in [1.165, 1.54) is 18.2 Å². The van der Waals surface area contributed by atoms with Gasteiger partial charge in [0.25, 0.3) is 0 Å². The molecule has 26 heavy (non-hydrogen) atoms. The average molecular weight is 366 g/mol. The summed E-state index contributed by atoms with van der Waals surface area (Å²) in [6, 6.07) is 15.9. The van der Waals surface area contributed by atoms with Crippen molar-refractivity contribution in [2.75, 3.05) is 0 Å². The van der Waals surface area contributed by atoms with E-state index in [0.717, 1.165) is 21.1 Å². The molecule has 1 unspecified atom stereocenters. The first-order chi connectivity index (χ1) is 12.5. The topological polar surface area (TPSA) is 42.0 Å². The van der Waals surface area contributed by atoms with Crippen molar-refractivity contribution >= 4 is 23.3 Å². The van der Waals surface area contributed by atoms with Crippen LogP contribution in [0.5, 0.6) is 0 Å². The lowest BCUT2D eigenvalue weighted by molar-refractivity contribution is -0.117. The molecule has 0 aliphatic carbocycles. The van der Waals surface area contributed by atoms with E-state index >= 15 is 0 Å². The number of rotatable bonds is 5. The number of amides is 1. The minimum Gasteiger partial charge on any atom is -0.345 e. The quantitative estimate of drug-likeness (QED) is 0.635. The molecular formula is C21H19FN2OS. The Labute approximate surface area is 156 Å². The molecule has 1 amide bonds. The molecule has 132 valence electrons. The Morgan fingerprint density at radius 3 is 2.69 bits per heavy atom. The van der Waals surface area contributed by atoms with Crippen LogP contribution in [0, 0.1) is 12.7 Å². The zero-order valence-corrected chi connectivity index (χ0v) is 15.4. The van der Waals surface area contributed by atoms with Crippen LogP contribution in [0.4, 0.5) is 4.39 Å². The van der Waals surface area contributed by atoms with E-state index < -0.39 is 0 Å². The number of carbonyl (C=O) groups is 1.